The highest BCUT2D eigenvalue weighted by molar-refractivity contribution is 9.11. The van der Waals surface area contributed by atoms with E-state index >= 15 is 0 Å². The number of halogens is 1. The van der Waals surface area contributed by atoms with Crippen LogP contribution in [0.25, 0.3) is 0 Å². The molecule has 0 aromatic carbocycles. The Labute approximate surface area is 154 Å². The summed E-state index contributed by atoms with van der Waals surface area (Å²) in [6, 6.07) is 2.00. The van der Waals surface area contributed by atoms with Gasteiger partial charge in [-0.1, -0.05) is 0 Å². The normalized spacial score (nSPS) is 36.6. The van der Waals surface area contributed by atoms with Crippen molar-refractivity contribution in [2.75, 3.05) is 0 Å². The van der Waals surface area contributed by atoms with E-state index in [1.807, 2.05) is 11.4 Å². The summed E-state index contributed by atoms with van der Waals surface area (Å²) in [7, 11) is 0. The van der Waals surface area contributed by atoms with Crippen LogP contribution in [0.4, 0.5) is 0 Å². The number of ether oxygens (including phenoxy) is 1. The summed E-state index contributed by atoms with van der Waals surface area (Å²) >= 11 is 5.04. The molecule has 4 bridgehead atoms. The van der Waals surface area contributed by atoms with Crippen LogP contribution in [0.2, 0.25) is 0 Å². The van der Waals surface area contributed by atoms with E-state index in [0.717, 1.165) is 41.5 Å². The topological polar surface area (TPSA) is 55.4 Å². The molecule has 5 rings (SSSR count). The SMILES string of the molecule is CC(=O)NC12C[C@H]3C[C@@H](C1)CC(C(=O)OCc1csc(Br)c1)(C3)C2. The zero-order valence-electron chi connectivity index (χ0n) is 13.8. The largest absolute Gasteiger partial charge is 0.460 e. The Morgan fingerprint density at radius 3 is 2.62 bits per heavy atom. The van der Waals surface area contributed by atoms with Gasteiger partial charge < -0.3 is 10.1 Å². The zero-order valence-corrected chi connectivity index (χ0v) is 16.2. The minimum atomic E-state index is -0.389. The Hall–Kier alpha value is -0.880. The molecule has 4 fully saturated rings. The molecule has 24 heavy (non-hydrogen) atoms. The molecule has 0 saturated heterocycles. The number of rotatable bonds is 4. The summed E-state index contributed by atoms with van der Waals surface area (Å²) < 4.78 is 6.76. The molecule has 1 aromatic heterocycles. The highest BCUT2D eigenvalue weighted by Gasteiger charge is 2.61. The molecule has 4 atom stereocenters. The molecule has 1 aromatic rings. The van der Waals surface area contributed by atoms with E-state index in [9.17, 15) is 9.59 Å². The molecule has 1 heterocycles. The van der Waals surface area contributed by atoms with Crippen LogP contribution in [0.1, 0.15) is 51.0 Å². The van der Waals surface area contributed by atoms with Gasteiger partial charge in [0.25, 0.3) is 0 Å². The Morgan fingerprint density at radius 1 is 1.33 bits per heavy atom. The lowest BCUT2D eigenvalue weighted by atomic mass is 9.47. The van der Waals surface area contributed by atoms with E-state index in [1.54, 1.807) is 18.3 Å². The van der Waals surface area contributed by atoms with E-state index in [-0.39, 0.29) is 22.8 Å². The Bertz CT molecular complexity index is 672. The third-order valence-electron chi connectivity index (χ3n) is 5.93. The first-order chi connectivity index (χ1) is 11.4. The fourth-order valence-corrected chi connectivity index (χ4v) is 6.94. The maximum absolute atomic E-state index is 13.0. The third-order valence-corrected chi connectivity index (χ3v) is 7.48. The first-order valence-corrected chi connectivity index (χ1v) is 10.2. The van der Waals surface area contributed by atoms with Crippen LogP contribution in [-0.2, 0) is 20.9 Å². The summed E-state index contributed by atoms with van der Waals surface area (Å²) in [5.41, 5.74) is 0.460. The standard InChI is InChI=1S/C18H22BrNO3S/c1-11(21)20-18-6-12-2-13(7-18)5-17(4-12,10-18)16(22)23-8-14-3-15(19)24-9-14/h3,9,12-13H,2,4-8,10H2,1H3,(H,20,21)/t12-,13+,17?,18?. The molecule has 0 spiro atoms. The van der Waals surface area contributed by atoms with Gasteiger partial charge in [-0.05, 0) is 77.7 Å². The van der Waals surface area contributed by atoms with Crippen molar-refractivity contribution in [1.29, 1.82) is 0 Å². The minimum absolute atomic E-state index is 0.0172. The molecule has 4 nitrogen and oxygen atoms in total. The van der Waals surface area contributed by atoms with Crippen LogP contribution in [0.15, 0.2) is 15.2 Å². The second kappa shape index (κ2) is 5.84. The molecule has 4 aliphatic rings. The van der Waals surface area contributed by atoms with E-state index < -0.39 is 0 Å². The number of amides is 1. The number of nitrogens with one attached hydrogen (secondary N) is 1. The van der Waals surface area contributed by atoms with Crippen molar-refractivity contribution in [1.82, 2.24) is 5.32 Å². The van der Waals surface area contributed by atoms with Gasteiger partial charge in [-0.3, -0.25) is 9.59 Å². The van der Waals surface area contributed by atoms with Gasteiger partial charge in [0.2, 0.25) is 5.91 Å². The van der Waals surface area contributed by atoms with Crippen molar-refractivity contribution >= 4 is 39.1 Å². The molecule has 1 N–H and O–H groups in total. The number of carbonyl (C=O) groups excluding carboxylic acids is 2. The first kappa shape index (κ1) is 16.6. The number of hydrogen-bond acceptors (Lipinski definition) is 4. The van der Waals surface area contributed by atoms with Crippen molar-refractivity contribution in [3.63, 3.8) is 0 Å². The molecule has 0 aliphatic heterocycles. The van der Waals surface area contributed by atoms with Gasteiger partial charge in [-0.15, -0.1) is 11.3 Å². The second-order valence-corrected chi connectivity index (χ2v) is 10.3. The molecular weight excluding hydrogens is 390 g/mol. The molecule has 6 heteroatoms. The van der Waals surface area contributed by atoms with Crippen LogP contribution in [0.3, 0.4) is 0 Å². The van der Waals surface area contributed by atoms with Gasteiger partial charge in [0.15, 0.2) is 0 Å². The average molecular weight is 412 g/mol. The third kappa shape index (κ3) is 2.92. The summed E-state index contributed by atoms with van der Waals surface area (Å²) in [5, 5.41) is 5.20. The number of thiophene rings is 1. The number of hydrogen-bond donors (Lipinski definition) is 1. The predicted molar refractivity (Wildman–Crippen MR) is 95.5 cm³/mol. The van der Waals surface area contributed by atoms with E-state index in [4.69, 9.17) is 4.74 Å². The predicted octanol–water partition coefficient (Wildman–Crippen LogP) is 4.03. The summed E-state index contributed by atoms with van der Waals surface area (Å²) in [6.45, 7) is 1.92. The lowest BCUT2D eigenvalue weighted by molar-refractivity contribution is -0.177. The van der Waals surface area contributed by atoms with E-state index in [1.165, 1.54) is 6.42 Å². The van der Waals surface area contributed by atoms with Crippen molar-refractivity contribution < 1.29 is 14.3 Å². The molecule has 4 aliphatic carbocycles. The van der Waals surface area contributed by atoms with Crippen LogP contribution in [0, 0.1) is 17.3 Å². The van der Waals surface area contributed by atoms with Gasteiger partial charge in [0, 0.05) is 18.0 Å². The number of esters is 1. The van der Waals surface area contributed by atoms with Gasteiger partial charge in [-0.25, -0.2) is 0 Å². The molecule has 130 valence electrons. The monoisotopic (exact) mass is 411 g/mol. The van der Waals surface area contributed by atoms with Crippen LogP contribution >= 0.6 is 27.3 Å². The smallest absolute Gasteiger partial charge is 0.312 e. The van der Waals surface area contributed by atoms with Gasteiger partial charge in [0.1, 0.15) is 6.61 Å². The molecule has 2 unspecified atom stereocenters. The van der Waals surface area contributed by atoms with Crippen molar-refractivity contribution in [2.24, 2.45) is 17.3 Å². The van der Waals surface area contributed by atoms with Crippen molar-refractivity contribution in [3.8, 4) is 0 Å². The maximum Gasteiger partial charge on any atom is 0.312 e. The molecule has 0 radical (unpaired) electrons. The minimum Gasteiger partial charge on any atom is -0.460 e. The highest BCUT2D eigenvalue weighted by Crippen LogP contribution is 2.62. The van der Waals surface area contributed by atoms with E-state index in [2.05, 4.69) is 21.2 Å². The molecular formula is C18H22BrNO3S. The Balaban J connectivity index is 1.51. The molecule has 4 saturated carbocycles. The maximum atomic E-state index is 13.0. The first-order valence-electron chi connectivity index (χ1n) is 8.57. The summed E-state index contributed by atoms with van der Waals surface area (Å²) in [6.07, 6.45) is 5.85. The van der Waals surface area contributed by atoms with Gasteiger partial charge >= 0.3 is 5.97 Å². The average Bonchev–Trinajstić information content (AvgIpc) is 2.87. The lowest BCUT2D eigenvalue weighted by Crippen LogP contribution is -2.64. The number of carbonyl (C=O) groups is 2. The van der Waals surface area contributed by atoms with Crippen molar-refractivity contribution in [3.05, 3.63) is 20.8 Å². The Morgan fingerprint density at radius 2 is 2.04 bits per heavy atom. The fourth-order valence-electron chi connectivity index (χ4n) is 5.74. The Kier molecular flexibility index (Phi) is 4.03. The van der Waals surface area contributed by atoms with E-state index in [0.29, 0.717) is 18.4 Å². The van der Waals surface area contributed by atoms with Crippen LogP contribution in [-0.4, -0.2) is 17.4 Å². The van der Waals surface area contributed by atoms with Gasteiger partial charge in [0.05, 0.1) is 9.20 Å². The quantitative estimate of drug-likeness (QED) is 0.760. The fraction of sp³-hybridized carbons (Fsp3) is 0.667. The summed E-state index contributed by atoms with van der Waals surface area (Å²) in [5.74, 6) is 1.04. The summed E-state index contributed by atoms with van der Waals surface area (Å²) in [4.78, 5) is 24.6. The lowest BCUT2D eigenvalue weighted by Gasteiger charge is -2.60. The van der Waals surface area contributed by atoms with Crippen LogP contribution < -0.4 is 5.32 Å². The highest BCUT2D eigenvalue weighted by atomic mass is 79.9. The zero-order chi connectivity index (χ0) is 16.9. The second-order valence-electron chi connectivity index (χ2n) is 8.04. The van der Waals surface area contributed by atoms with Crippen LogP contribution in [0.5, 0.6) is 0 Å². The molecule has 1 amide bonds. The van der Waals surface area contributed by atoms with Gasteiger partial charge in [-0.2, -0.15) is 0 Å². The van der Waals surface area contributed by atoms with Crippen molar-refractivity contribution in [2.45, 2.75) is 57.6 Å².